The molecular formula is C21H16ClN3OS2. The Labute approximate surface area is 175 Å². The molecule has 0 radical (unpaired) electrons. The van der Waals surface area contributed by atoms with Gasteiger partial charge in [-0.1, -0.05) is 58.8 Å². The van der Waals surface area contributed by atoms with Gasteiger partial charge in [-0.2, -0.15) is 10.1 Å². The Balaban J connectivity index is 1.75. The van der Waals surface area contributed by atoms with E-state index >= 15 is 0 Å². The largest absolute Gasteiger partial charge is 0.290 e. The van der Waals surface area contributed by atoms with Crippen molar-refractivity contribution in [3.8, 4) is 0 Å². The van der Waals surface area contributed by atoms with Crippen LogP contribution in [-0.4, -0.2) is 17.1 Å². The lowest BCUT2D eigenvalue weighted by Gasteiger charge is -2.12. The smallest absolute Gasteiger partial charge is 0.266 e. The molecule has 0 aliphatic carbocycles. The molecule has 0 N–H and O–H groups in total. The van der Waals surface area contributed by atoms with Gasteiger partial charge in [-0.25, -0.2) is 4.98 Å². The molecule has 7 heteroatoms. The van der Waals surface area contributed by atoms with Gasteiger partial charge in [-0.3, -0.25) is 4.79 Å². The number of rotatable bonds is 4. The number of thiazole rings is 1. The van der Waals surface area contributed by atoms with E-state index in [0.29, 0.717) is 14.3 Å². The van der Waals surface area contributed by atoms with Crippen LogP contribution in [0.4, 0.5) is 5.13 Å². The molecule has 4 rings (SSSR count). The summed E-state index contributed by atoms with van der Waals surface area (Å²) in [4.78, 5) is 18.2. The molecule has 2 heterocycles. The highest BCUT2D eigenvalue weighted by molar-refractivity contribution is 7.22. The van der Waals surface area contributed by atoms with Crippen molar-refractivity contribution >= 4 is 61.7 Å². The molecule has 0 aliphatic heterocycles. The number of carbonyl (C=O) groups excluding carboxylic acids is 1. The van der Waals surface area contributed by atoms with Gasteiger partial charge in [0.2, 0.25) is 5.13 Å². The van der Waals surface area contributed by atoms with Crippen molar-refractivity contribution in [2.45, 2.75) is 13.8 Å². The fourth-order valence-electron chi connectivity index (χ4n) is 2.61. The highest BCUT2D eigenvalue weighted by Gasteiger charge is 2.22. The van der Waals surface area contributed by atoms with Crippen molar-refractivity contribution in [3.05, 3.63) is 80.5 Å². The zero-order chi connectivity index (χ0) is 19.7. The Hall–Kier alpha value is -2.54. The maximum atomic E-state index is 13.1. The first-order chi connectivity index (χ1) is 13.5. The van der Waals surface area contributed by atoms with Gasteiger partial charge in [0.15, 0.2) is 0 Å². The molecule has 28 heavy (non-hydrogen) atoms. The highest BCUT2D eigenvalue weighted by atomic mass is 35.5. The number of hydrazone groups is 1. The van der Waals surface area contributed by atoms with E-state index in [0.717, 1.165) is 21.3 Å². The molecule has 0 saturated heterocycles. The third kappa shape index (κ3) is 3.99. The van der Waals surface area contributed by atoms with Crippen LogP contribution in [0.3, 0.4) is 0 Å². The van der Waals surface area contributed by atoms with E-state index in [-0.39, 0.29) is 5.91 Å². The number of hydrogen-bond acceptors (Lipinski definition) is 5. The topological polar surface area (TPSA) is 45.6 Å². The summed E-state index contributed by atoms with van der Waals surface area (Å²) in [5, 5.41) is 6.34. The summed E-state index contributed by atoms with van der Waals surface area (Å²) in [6, 6.07) is 17.4. The molecule has 2 aromatic heterocycles. The van der Waals surface area contributed by atoms with E-state index in [4.69, 9.17) is 11.6 Å². The van der Waals surface area contributed by atoms with Gasteiger partial charge in [0.1, 0.15) is 0 Å². The number of carbonyl (C=O) groups is 1. The Morgan fingerprint density at radius 2 is 1.79 bits per heavy atom. The van der Waals surface area contributed by atoms with E-state index in [9.17, 15) is 4.79 Å². The monoisotopic (exact) mass is 425 g/mol. The van der Waals surface area contributed by atoms with Crippen LogP contribution < -0.4 is 5.01 Å². The molecule has 0 fully saturated rings. The quantitative estimate of drug-likeness (QED) is 0.284. The third-order valence-corrected chi connectivity index (χ3v) is 6.30. The standard InChI is InChI=1S/C21H16ClN3OS2/c1-13-3-6-15(7-4-13)12-23-25(20(26)17-9-10-19(22)27-17)21-24-16-8-5-14(2)11-18(16)28-21/h3-12H,1-2H3/b23-12+. The van der Waals surface area contributed by atoms with Crippen LogP contribution in [0, 0.1) is 13.8 Å². The molecular weight excluding hydrogens is 410 g/mol. The van der Waals surface area contributed by atoms with Crippen molar-refractivity contribution in [2.24, 2.45) is 5.10 Å². The fourth-order valence-corrected chi connectivity index (χ4v) is 4.60. The van der Waals surface area contributed by atoms with Crippen molar-refractivity contribution in [3.63, 3.8) is 0 Å². The lowest BCUT2D eigenvalue weighted by molar-refractivity contribution is 0.0991. The van der Waals surface area contributed by atoms with E-state index in [1.54, 1.807) is 18.3 Å². The number of nitrogens with zero attached hydrogens (tertiary/aromatic N) is 3. The van der Waals surface area contributed by atoms with Crippen molar-refractivity contribution in [1.82, 2.24) is 4.98 Å². The minimum Gasteiger partial charge on any atom is -0.266 e. The normalized spacial score (nSPS) is 11.4. The zero-order valence-electron chi connectivity index (χ0n) is 15.2. The number of hydrogen-bond donors (Lipinski definition) is 0. The summed E-state index contributed by atoms with van der Waals surface area (Å²) in [7, 11) is 0. The number of benzene rings is 2. The van der Waals surface area contributed by atoms with Crippen LogP contribution in [0.1, 0.15) is 26.4 Å². The van der Waals surface area contributed by atoms with E-state index in [2.05, 4.69) is 16.2 Å². The molecule has 0 aliphatic rings. The summed E-state index contributed by atoms with van der Waals surface area (Å²) < 4.78 is 1.58. The van der Waals surface area contributed by atoms with E-state index in [1.165, 1.54) is 33.2 Å². The molecule has 0 bridgehead atoms. The van der Waals surface area contributed by atoms with Crippen LogP contribution in [0.25, 0.3) is 10.2 Å². The number of aromatic nitrogens is 1. The second-order valence-corrected chi connectivity index (χ2v) is 9.07. The summed E-state index contributed by atoms with van der Waals surface area (Å²) >= 11 is 8.69. The SMILES string of the molecule is Cc1ccc(/C=N/N(C(=O)c2ccc(Cl)s2)c2nc3ccc(C)cc3s2)cc1. The van der Waals surface area contributed by atoms with Gasteiger partial charge in [-0.15, -0.1) is 11.3 Å². The molecule has 0 spiro atoms. The zero-order valence-corrected chi connectivity index (χ0v) is 17.6. The average Bonchev–Trinajstić information content (AvgIpc) is 3.29. The highest BCUT2D eigenvalue weighted by Crippen LogP contribution is 2.32. The van der Waals surface area contributed by atoms with Crippen LogP contribution in [0.2, 0.25) is 4.34 Å². The van der Waals surface area contributed by atoms with Gasteiger partial charge in [0, 0.05) is 0 Å². The van der Waals surface area contributed by atoms with Crippen LogP contribution in [0.15, 0.2) is 59.7 Å². The fraction of sp³-hybridized carbons (Fsp3) is 0.0952. The van der Waals surface area contributed by atoms with Gasteiger partial charge in [0.05, 0.1) is 25.6 Å². The lowest BCUT2D eigenvalue weighted by atomic mass is 10.2. The van der Waals surface area contributed by atoms with Crippen molar-refractivity contribution in [2.75, 3.05) is 5.01 Å². The minimum absolute atomic E-state index is 0.254. The Bertz CT molecular complexity index is 1180. The van der Waals surface area contributed by atoms with Crippen LogP contribution >= 0.6 is 34.3 Å². The average molecular weight is 426 g/mol. The number of amides is 1. The van der Waals surface area contributed by atoms with Gasteiger partial charge < -0.3 is 0 Å². The summed E-state index contributed by atoms with van der Waals surface area (Å²) in [6.07, 6.45) is 1.67. The molecule has 1 amide bonds. The maximum absolute atomic E-state index is 13.1. The Kier molecular flexibility index (Phi) is 5.26. The van der Waals surface area contributed by atoms with Gasteiger partial charge in [-0.05, 0) is 49.2 Å². The maximum Gasteiger partial charge on any atom is 0.290 e. The number of thiophene rings is 1. The van der Waals surface area contributed by atoms with E-state index in [1.807, 2.05) is 50.2 Å². The number of fused-ring (bicyclic) bond motifs is 1. The molecule has 4 nitrogen and oxygen atoms in total. The second kappa shape index (κ2) is 7.83. The van der Waals surface area contributed by atoms with Gasteiger partial charge >= 0.3 is 0 Å². The molecule has 2 aromatic carbocycles. The summed E-state index contributed by atoms with van der Waals surface area (Å²) in [5.74, 6) is -0.254. The number of aryl methyl sites for hydroxylation is 2. The number of anilines is 1. The summed E-state index contributed by atoms with van der Waals surface area (Å²) in [6.45, 7) is 4.06. The second-order valence-electron chi connectivity index (χ2n) is 6.34. The van der Waals surface area contributed by atoms with Gasteiger partial charge in [0.25, 0.3) is 5.91 Å². The molecule has 0 atom stereocenters. The molecule has 0 saturated carbocycles. The first kappa shape index (κ1) is 18.8. The summed E-state index contributed by atoms with van der Waals surface area (Å²) in [5.41, 5.74) is 4.07. The van der Waals surface area contributed by atoms with Crippen molar-refractivity contribution in [1.29, 1.82) is 0 Å². The molecule has 0 unspecified atom stereocenters. The molecule has 4 aromatic rings. The van der Waals surface area contributed by atoms with Crippen LogP contribution in [0.5, 0.6) is 0 Å². The minimum atomic E-state index is -0.254. The number of halogens is 1. The first-order valence-electron chi connectivity index (χ1n) is 8.57. The van der Waals surface area contributed by atoms with E-state index < -0.39 is 0 Å². The third-order valence-electron chi connectivity index (χ3n) is 4.09. The first-order valence-corrected chi connectivity index (χ1v) is 10.6. The predicted molar refractivity (Wildman–Crippen MR) is 119 cm³/mol. The molecule has 140 valence electrons. The Morgan fingerprint density at radius 3 is 2.50 bits per heavy atom. The van der Waals surface area contributed by atoms with Crippen molar-refractivity contribution < 1.29 is 4.79 Å². The lowest BCUT2D eigenvalue weighted by Crippen LogP contribution is -2.24. The Morgan fingerprint density at radius 1 is 1.04 bits per heavy atom. The predicted octanol–water partition coefficient (Wildman–Crippen LogP) is 6.31. The van der Waals surface area contributed by atoms with Crippen LogP contribution in [-0.2, 0) is 0 Å².